The van der Waals surface area contributed by atoms with Gasteiger partial charge in [0.25, 0.3) is 0 Å². The molecule has 0 N–H and O–H groups in total. The lowest BCUT2D eigenvalue weighted by Gasteiger charge is -2.21. The highest BCUT2D eigenvalue weighted by Gasteiger charge is 2.29. The van der Waals surface area contributed by atoms with Crippen molar-refractivity contribution in [2.24, 2.45) is 0 Å². The van der Waals surface area contributed by atoms with Crippen LogP contribution in [0, 0.1) is 0 Å². The number of halogens is 1. The van der Waals surface area contributed by atoms with Gasteiger partial charge < -0.3 is 0 Å². The first-order valence-corrected chi connectivity index (χ1v) is 7.40. The number of nitrogens with zero attached hydrogens (tertiary/aromatic N) is 2. The Hall–Kier alpha value is -0.570. The number of hydrogen-bond donors (Lipinski definition) is 0. The second-order valence-corrected chi connectivity index (χ2v) is 5.96. The SMILES string of the molecule is Clc1cccc(CN2CCCN(C3CC3)CC2)c1. The van der Waals surface area contributed by atoms with Crippen molar-refractivity contribution in [1.29, 1.82) is 0 Å². The van der Waals surface area contributed by atoms with Gasteiger partial charge in [-0.25, -0.2) is 0 Å². The molecular weight excluding hydrogens is 244 g/mol. The summed E-state index contributed by atoms with van der Waals surface area (Å²) in [5.41, 5.74) is 1.34. The van der Waals surface area contributed by atoms with E-state index in [1.54, 1.807) is 0 Å². The molecule has 98 valence electrons. The van der Waals surface area contributed by atoms with Crippen LogP contribution in [0.15, 0.2) is 24.3 Å². The van der Waals surface area contributed by atoms with Crippen LogP contribution in [0.5, 0.6) is 0 Å². The fourth-order valence-corrected chi connectivity index (χ4v) is 3.06. The van der Waals surface area contributed by atoms with Gasteiger partial charge in [-0.2, -0.15) is 0 Å². The van der Waals surface area contributed by atoms with E-state index >= 15 is 0 Å². The monoisotopic (exact) mass is 264 g/mol. The van der Waals surface area contributed by atoms with Crippen LogP contribution in [0.25, 0.3) is 0 Å². The summed E-state index contributed by atoms with van der Waals surface area (Å²) in [6.45, 7) is 5.99. The predicted octanol–water partition coefficient (Wildman–Crippen LogP) is 3.01. The van der Waals surface area contributed by atoms with Gasteiger partial charge in [-0.3, -0.25) is 9.80 Å². The predicted molar refractivity (Wildman–Crippen MR) is 75.9 cm³/mol. The Labute approximate surface area is 115 Å². The summed E-state index contributed by atoms with van der Waals surface area (Å²) in [4.78, 5) is 5.24. The van der Waals surface area contributed by atoms with Gasteiger partial charge in [0, 0.05) is 30.7 Å². The standard InChI is InChI=1S/C15H21ClN2/c16-14-4-1-3-13(11-14)12-17-7-2-8-18(10-9-17)15-5-6-15/h1,3-4,11,15H,2,5-10,12H2. The van der Waals surface area contributed by atoms with Crippen molar-refractivity contribution in [2.75, 3.05) is 26.2 Å². The third-order valence-electron chi connectivity index (χ3n) is 3.98. The van der Waals surface area contributed by atoms with Crippen LogP contribution in [0.2, 0.25) is 5.02 Å². The lowest BCUT2D eigenvalue weighted by atomic mass is 10.2. The number of rotatable bonds is 3. The molecule has 1 saturated heterocycles. The van der Waals surface area contributed by atoms with Crippen molar-refractivity contribution in [2.45, 2.75) is 31.8 Å². The largest absolute Gasteiger partial charge is 0.299 e. The second kappa shape index (κ2) is 5.60. The van der Waals surface area contributed by atoms with Gasteiger partial charge in [0.05, 0.1) is 0 Å². The zero-order valence-electron chi connectivity index (χ0n) is 10.8. The van der Waals surface area contributed by atoms with Crippen LogP contribution in [0.1, 0.15) is 24.8 Å². The van der Waals surface area contributed by atoms with E-state index in [-0.39, 0.29) is 0 Å². The van der Waals surface area contributed by atoms with Crippen LogP contribution < -0.4 is 0 Å². The van der Waals surface area contributed by atoms with Crippen molar-refractivity contribution in [3.63, 3.8) is 0 Å². The van der Waals surface area contributed by atoms with Gasteiger partial charge in [0.15, 0.2) is 0 Å². The van der Waals surface area contributed by atoms with Gasteiger partial charge >= 0.3 is 0 Å². The highest BCUT2D eigenvalue weighted by atomic mass is 35.5. The third-order valence-corrected chi connectivity index (χ3v) is 4.22. The van der Waals surface area contributed by atoms with Crippen molar-refractivity contribution in [3.8, 4) is 0 Å². The molecule has 1 aliphatic carbocycles. The van der Waals surface area contributed by atoms with E-state index < -0.39 is 0 Å². The van der Waals surface area contributed by atoms with Gasteiger partial charge in [0.1, 0.15) is 0 Å². The lowest BCUT2D eigenvalue weighted by Crippen LogP contribution is -2.31. The maximum absolute atomic E-state index is 6.04. The highest BCUT2D eigenvalue weighted by Crippen LogP contribution is 2.27. The molecule has 2 nitrogen and oxygen atoms in total. The van der Waals surface area contributed by atoms with Crippen molar-refractivity contribution >= 4 is 11.6 Å². The summed E-state index contributed by atoms with van der Waals surface area (Å²) in [7, 11) is 0. The Morgan fingerprint density at radius 1 is 1.11 bits per heavy atom. The molecule has 0 aromatic heterocycles. The molecule has 0 bridgehead atoms. The van der Waals surface area contributed by atoms with Crippen molar-refractivity contribution in [3.05, 3.63) is 34.9 Å². The quantitative estimate of drug-likeness (QED) is 0.828. The van der Waals surface area contributed by atoms with Crippen LogP contribution in [-0.2, 0) is 6.54 Å². The average Bonchev–Trinajstić information content (AvgIpc) is 3.14. The summed E-state index contributed by atoms with van der Waals surface area (Å²) in [5.74, 6) is 0. The van der Waals surface area contributed by atoms with Crippen LogP contribution in [0.3, 0.4) is 0 Å². The van der Waals surface area contributed by atoms with Crippen LogP contribution in [-0.4, -0.2) is 42.0 Å². The minimum atomic E-state index is 0.849. The summed E-state index contributed by atoms with van der Waals surface area (Å²) >= 11 is 6.04. The molecule has 2 aliphatic rings. The molecule has 3 rings (SSSR count). The third kappa shape index (κ3) is 3.25. The van der Waals surface area contributed by atoms with E-state index in [1.165, 1.54) is 51.0 Å². The molecule has 3 heteroatoms. The van der Waals surface area contributed by atoms with Crippen LogP contribution in [0.4, 0.5) is 0 Å². The molecule has 1 aromatic rings. The molecule has 0 radical (unpaired) electrons. The second-order valence-electron chi connectivity index (χ2n) is 5.53. The van der Waals surface area contributed by atoms with E-state index in [4.69, 9.17) is 11.6 Å². The maximum Gasteiger partial charge on any atom is 0.0409 e. The topological polar surface area (TPSA) is 6.48 Å². The number of hydrogen-bond acceptors (Lipinski definition) is 2. The molecule has 0 atom stereocenters. The molecule has 1 heterocycles. The molecule has 1 aliphatic heterocycles. The minimum absolute atomic E-state index is 0.849. The normalized spacial score (nSPS) is 22.9. The molecule has 0 amide bonds. The van der Waals surface area contributed by atoms with Gasteiger partial charge in [-0.15, -0.1) is 0 Å². The Balaban J connectivity index is 1.56. The molecule has 2 fully saturated rings. The summed E-state index contributed by atoms with van der Waals surface area (Å²) in [5, 5.41) is 0.849. The maximum atomic E-state index is 6.04. The van der Waals surface area contributed by atoms with E-state index in [9.17, 15) is 0 Å². The van der Waals surface area contributed by atoms with Crippen LogP contribution >= 0.6 is 11.6 Å². The van der Waals surface area contributed by atoms with E-state index in [1.807, 2.05) is 12.1 Å². The zero-order chi connectivity index (χ0) is 12.4. The fourth-order valence-electron chi connectivity index (χ4n) is 2.85. The van der Waals surface area contributed by atoms with E-state index in [0.29, 0.717) is 0 Å². The molecule has 0 spiro atoms. The lowest BCUT2D eigenvalue weighted by molar-refractivity contribution is 0.246. The molecule has 0 unspecified atom stereocenters. The van der Waals surface area contributed by atoms with Crippen molar-refractivity contribution in [1.82, 2.24) is 9.80 Å². The Morgan fingerprint density at radius 2 is 2.00 bits per heavy atom. The van der Waals surface area contributed by atoms with E-state index in [2.05, 4.69) is 21.9 Å². The molecule has 1 saturated carbocycles. The van der Waals surface area contributed by atoms with Gasteiger partial charge in [-0.05, 0) is 50.0 Å². The average molecular weight is 265 g/mol. The fraction of sp³-hybridized carbons (Fsp3) is 0.600. The zero-order valence-corrected chi connectivity index (χ0v) is 11.6. The number of benzene rings is 1. The molecule has 1 aromatic carbocycles. The first kappa shape index (κ1) is 12.5. The molecular formula is C15H21ClN2. The Bertz CT molecular complexity index is 403. The van der Waals surface area contributed by atoms with E-state index in [0.717, 1.165) is 17.6 Å². The first-order valence-electron chi connectivity index (χ1n) is 7.02. The summed E-state index contributed by atoms with van der Waals surface area (Å²) < 4.78 is 0. The van der Waals surface area contributed by atoms with Crippen molar-refractivity contribution < 1.29 is 0 Å². The minimum Gasteiger partial charge on any atom is -0.299 e. The van der Waals surface area contributed by atoms with Gasteiger partial charge in [0.2, 0.25) is 0 Å². The summed E-state index contributed by atoms with van der Waals surface area (Å²) in [6.07, 6.45) is 4.15. The first-order chi connectivity index (χ1) is 8.81. The Morgan fingerprint density at radius 3 is 2.78 bits per heavy atom. The summed E-state index contributed by atoms with van der Waals surface area (Å²) in [6, 6.07) is 9.17. The van der Waals surface area contributed by atoms with Gasteiger partial charge in [-0.1, -0.05) is 23.7 Å². The highest BCUT2D eigenvalue weighted by molar-refractivity contribution is 6.30. The molecule has 18 heavy (non-hydrogen) atoms. The smallest absolute Gasteiger partial charge is 0.0409 e. The Kier molecular flexibility index (Phi) is 3.88.